The van der Waals surface area contributed by atoms with E-state index in [0.717, 1.165) is 10.5 Å². The molecule has 10 heteroatoms. The highest BCUT2D eigenvalue weighted by Gasteiger charge is 2.68. The van der Waals surface area contributed by atoms with E-state index in [1.165, 1.54) is 28.2 Å². The van der Waals surface area contributed by atoms with Gasteiger partial charge in [-0.25, -0.2) is 4.90 Å². The lowest BCUT2D eigenvalue weighted by molar-refractivity contribution is -0.141. The van der Waals surface area contributed by atoms with Crippen molar-refractivity contribution in [2.24, 2.45) is 29.1 Å². The first-order chi connectivity index (χ1) is 20.7. The zero-order valence-electron chi connectivity index (χ0n) is 23.5. The fourth-order valence-corrected chi connectivity index (χ4v) is 9.08. The van der Waals surface area contributed by atoms with Crippen LogP contribution < -0.4 is 9.64 Å². The number of allylic oxidation sites excluding steroid dienone is 2. The molecular weight excluding hydrogens is 632 g/mol. The van der Waals surface area contributed by atoms with Gasteiger partial charge in [-0.05, 0) is 61.4 Å². The van der Waals surface area contributed by atoms with Crippen LogP contribution in [-0.4, -0.2) is 40.7 Å². The average Bonchev–Trinajstić information content (AvgIpc) is 3.66. The second kappa shape index (κ2) is 10.2. The van der Waals surface area contributed by atoms with Crippen LogP contribution in [0.1, 0.15) is 36.1 Å². The number of para-hydroxylation sites is 1. The van der Waals surface area contributed by atoms with E-state index < -0.39 is 35.0 Å². The maximum absolute atomic E-state index is 14.5. The molecule has 220 valence electrons. The average molecular weight is 662 g/mol. The summed E-state index contributed by atoms with van der Waals surface area (Å²) in [4.78, 5) is 59.9. The molecule has 7 rings (SSSR count). The summed E-state index contributed by atoms with van der Waals surface area (Å²) in [6, 6.07) is 16.0. The quantitative estimate of drug-likeness (QED) is 0.280. The normalized spacial score (nSPS) is 29.8. The van der Waals surface area contributed by atoms with Crippen molar-refractivity contribution < 1.29 is 29.0 Å². The summed E-state index contributed by atoms with van der Waals surface area (Å²) in [5.74, 6) is -4.16. The first kappa shape index (κ1) is 28.0. The highest BCUT2D eigenvalue weighted by molar-refractivity contribution is 9.10. The summed E-state index contributed by atoms with van der Waals surface area (Å²) in [6.07, 6.45) is 2.58. The number of imide groups is 2. The van der Waals surface area contributed by atoms with Gasteiger partial charge < -0.3 is 9.84 Å². The van der Waals surface area contributed by atoms with Crippen LogP contribution >= 0.6 is 27.3 Å². The largest absolute Gasteiger partial charge is 0.504 e. The molecule has 0 bridgehead atoms. The molecule has 2 aliphatic heterocycles. The third-order valence-electron chi connectivity index (χ3n) is 9.87. The third kappa shape index (κ3) is 3.99. The van der Waals surface area contributed by atoms with Gasteiger partial charge in [0.2, 0.25) is 23.6 Å². The van der Waals surface area contributed by atoms with Gasteiger partial charge in [-0.15, -0.1) is 11.3 Å². The number of rotatable bonds is 5. The summed E-state index contributed by atoms with van der Waals surface area (Å²) in [5, 5.41) is 13.4. The Morgan fingerprint density at radius 1 is 1.02 bits per heavy atom. The van der Waals surface area contributed by atoms with E-state index >= 15 is 0 Å². The fourth-order valence-electron chi connectivity index (χ4n) is 7.93. The minimum Gasteiger partial charge on any atom is -0.504 e. The van der Waals surface area contributed by atoms with Crippen molar-refractivity contribution in [3.05, 3.63) is 86.5 Å². The Morgan fingerprint density at radius 2 is 1.79 bits per heavy atom. The summed E-state index contributed by atoms with van der Waals surface area (Å²) in [6.45, 7) is 2.02. The summed E-state index contributed by atoms with van der Waals surface area (Å²) < 4.78 is 6.11. The number of benzene rings is 2. The first-order valence-corrected chi connectivity index (χ1v) is 15.9. The van der Waals surface area contributed by atoms with Gasteiger partial charge in [-0.2, -0.15) is 0 Å². The number of phenols is 1. The molecule has 1 aromatic heterocycles. The first-order valence-electron chi connectivity index (χ1n) is 14.2. The fraction of sp³-hybridized carbons (Fsp3) is 0.333. The van der Waals surface area contributed by atoms with Crippen molar-refractivity contribution in [2.45, 2.75) is 32.2 Å². The van der Waals surface area contributed by atoms with Crippen molar-refractivity contribution in [3.8, 4) is 11.5 Å². The van der Waals surface area contributed by atoms with Gasteiger partial charge in [0, 0.05) is 20.8 Å². The van der Waals surface area contributed by atoms with Gasteiger partial charge >= 0.3 is 0 Å². The lowest BCUT2D eigenvalue weighted by Crippen LogP contribution is -2.48. The van der Waals surface area contributed by atoms with Crippen molar-refractivity contribution in [3.63, 3.8) is 0 Å². The Bertz CT molecular complexity index is 1710. The SMILES string of the molecule is COc1cc(Br)cc(C2C3=CCC4C(=O)N(Cc5cccs5)C(=O)C4C3CC3C(=O)N(c4ccccc4)C(=O)C32C)c1O. The number of amides is 4. The number of hydrogen-bond donors (Lipinski definition) is 1. The zero-order chi connectivity index (χ0) is 30.2. The molecule has 1 N–H and O–H groups in total. The summed E-state index contributed by atoms with van der Waals surface area (Å²) in [7, 11) is 1.45. The van der Waals surface area contributed by atoms with Gasteiger partial charge in [0.1, 0.15) is 0 Å². The van der Waals surface area contributed by atoms with Crippen LogP contribution in [0.4, 0.5) is 5.69 Å². The van der Waals surface area contributed by atoms with Gasteiger partial charge in [0.05, 0.1) is 42.5 Å². The lowest BCUT2D eigenvalue weighted by atomic mass is 9.51. The van der Waals surface area contributed by atoms with E-state index in [2.05, 4.69) is 15.9 Å². The minimum atomic E-state index is -1.26. The number of phenolic OH excluding ortho intramolecular Hbond substituents is 1. The number of likely N-dealkylation sites (tertiary alicyclic amines) is 1. The van der Waals surface area contributed by atoms with Crippen LogP contribution in [0.5, 0.6) is 11.5 Å². The number of fused-ring (bicyclic) bond motifs is 4. The minimum absolute atomic E-state index is 0.120. The van der Waals surface area contributed by atoms with Crippen LogP contribution in [0.25, 0.3) is 0 Å². The molecule has 3 heterocycles. The highest BCUT2D eigenvalue weighted by Crippen LogP contribution is 2.65. The number of hydrogen-bond acceptors (Lipinski definition) is 7. The van der Waals surface area contributed by atoms with E-state index in [-0.39, 0.29) is 48.1 Å². The van der Waals surface area contributed by atoms with Crippen molar-refractivity contribution in [1.82, 2.24) is 4.90 Å². The number of ether oxygens (including phenoxy) is 1. The number of methoxy groups -OCH3 is 1. The van der Waals surface area contributed by atoms with Crippen molar-refractivity contribution >= 4 is 56.6 Å². The maximum Gasteiger partial charge on any atom is 0.241 e. The number of thiophene rings is 1. The third-order valence-corrected chi connectivity index (χ3v) is 11.2. The molecule has 2 aromatic carbocycles. The molecule has 6 atom stereocenters. The molecule has 2 aliphatic carbocycles. The Hall–Kier alpha value is -3.76. The van der Waals surface area contributed by atoms with Crippen LogP contribution in [0.15, 0.2) is 76.1 Å². The molecule has 3 fully saturated rings. The summed E-state index contributed by atoms with van der Waals surface area (Å²) in [5.41, 5.74) is 0.474. The molecular formula is C33H29BrN2O6S. The van der Waals surface area contributed by atoms with E-state index in [1.54, 1.807) is 43.3 Å². The Kier molecular flexibility index (Phi) is 6.63. The number of halogens is 1. The van der Waals surface area contributed by atoms with E-state index in [4.69, 9.17) is 4.74 Å². The molecule has 0 spiro atoms. The Labute approximate surface area is 261 Å². The number of anilines is 1. The second-order valence-corrected chi connectivity index (χ2v) is 13.8. The molecule has 6 unspecified atom stereocenters. The molecule has 4 aliphatic rings. The van der Waals surface area contributed by atoms with Crippen LogP contribution in [-0.2, 0) is 25.7 Å². The Balaban J connectivity index is 1.38. The van der Waals surface area contributed by atoms with Gasteiger partial charge in [0.15, 0.2) is 11.5 Å². The monoisotopic (exact) mass is 660 g/mol. The highest BCUT2D eigenvalue weighted by atomic mass is 79.9. The van der Waals surface area contributed by atoms with Crippen LogP contribution in [0, 0.1) is 29.1 Å². The van der Waals surface area contributed by atoms with Crippen molar-refractivity contribution in [1.29, 1.82) is 0 Å². The predicted octanol–water partition coefficient (Wildman–Crippen LogP) is 5.66. The predicted molar refractivity (Wildman–Crippen MR) is 163 cm³/mol. The van der Waals surface area contributed by atoms with Gasteiger partial charge in [-0.3, -0.25) is 24.1 Å². The van der Waals surface area contributed by atoms with Crippen LogP contribution in [0.2, 0.25) is 0 Å². The maximum atomic E-state index is 14.5. The standard InChI is InChI=1S/C33H29BrN2O6S/c1-33-24(30(39)36(32(33)41)18-7-4-3-5-8-18)15-22-20(27(33)23-13-17(34)14-25(42-2)28(23)37)10-11-21-26(22)31(40)35(29(21)38)16-19-9-6-12-43-19/h3-10,12-14,21-22,24,26-27,37H,11,15-16H2,1-2H3. The van der Waals surface area contributed by atoms with E-state index in [1.807, 2.05) is 29.7 Å². The lowest BCUT2D eigenvalue weighted by Gasteiger charge is -2.49. The number of aromatic hydroxyl groups is 1. The van der Waals surface area contributed by atoms with Gasteiger partial charge in [-0.1, -0.05) is 51.8 Å². The topological polar surface area (TPSA) is 104 Å². The van der Waals surface area contributed by atoms with E-state index in [0.29, 0.717) is 22.1 Å². The number of carbonyl (C=O) groups excluding carboxylic acids is 4. The molecule has 0 radical (unpaired) electrons. The summed E-state index contributed by atoms with van der Waals surface area (Å²) >= 11 is 5.02. The molecule has 4 amide bonds. The molecule has 43 heavy (non-hydrogen) atoms. The smallest absolute Gasteiger partial charge is 0.241 e. The van der Waals surface area contributed by atoms with E-state index in [9.17, 15) is 24.3 Å². The zero-order valence-corrected chi connectivity index (χ0v) is 25.9. The number of nitrogens with zero attached hydrogens (tertiary/aromatic N) is 2. The van der Waals surface area contributed by atoms with Crippen molar-refractivity contribution in [2.75, 3.05) is 12.0 Å². The molecule has 2 saturated heterocycles. The number of carbonyl (C=O) groups is 4. The molecule has 3 aromatic rings. The van der Waals surface area contributed by atoms with Gasteiger partial charge in [0.25, 0.3) is 0 Å². The second-order valence-electron chi connectivity index (χ2n) is 11.9. The Morgan fingerprint density at radius 3 is 2.49 bits per heavy atom. The molecule has 1 saturated carbocycles. The molecule has 8 nitrogen and oxygen atoms in total. The van der Waals surface area contributed by atoms with Crippen LogP contribution in [0.3, 0.4) is 0 Å².